The van der Waals surface area contributed by atoms with Crippen LogP contribution in [0.3, 0.4) is 0 Å². The molecule has 1 amide bonds. The van der Waals surface area contributed by atoms with Gasteiger partial charge in [-0.05, 0) is 25.8 Å². The Morgan fingerprint density at radius 3 is 2.96 bits per heavy atom. The second-order valence-corrected chi connectivity index (χ2v) is 7.48. The SMILES string of the molecule is Cc1nccc(N2CCCC(C)(C3NNCC3C(=O)N(C)C)C2)n1. The average Bonchev–Trinajstić information content (AvgIpc) is 3.04. The normalized spacial score (nSPS) is 30.4. The minimum Gasteiger partial charge on any atom is -0.356 e. The molecule has 7 nitrogen and oxygen atoms in total. The van der Waals surface area contributed by atoms with Gasteiger partial charge in [-0.1, -0.05) is 6.92 Å². The van der Waals surface area contributed by atoms with Crippen LogP contribution in [0, 0.1) is 18.3 Å². The fraction of sp³-hybridized carbons (Fsp3) is 0.706. The summed E-state index contributed by atoms with van der Waals surface area (Å²) in [5, 5.41) is 0. The molecule has 2 saturated heterocycles. The van der Waals surface area contributed by atoms with Gasteiger partial charge >= 0.3 is 0 Å². The Hall–Kier alpha value is -1.73. The van der Waals surface area contributed by atoms with E-state index in [1.807, 2.05) is 33.3 Å². The summed E-state index contributed by atoms with van der Waals surface area (Å²) in [6.07, 6.45) is 4.02. The highest BCUT2D eigenvalue weighted by atomic mass is 16.2. The van der Waals surface area contributed by atoms with Gasteiger partial charge in [0.1, 0.15) is 11.6 Å². The van der Waals surface area contributed by atoms with Crippen LogP contribution in [0.2, 0.25) is 0 Å². The number of nitrogens with zero attached hydrogens (tertiary/aromatic N) is 4. The maximum absolute atomic E-state index is 12.5. The summed E-state index contributed by atoms with van der Waals surface area (Å²) in [6.45, 7) is 6.77. The molecule has 3 heterocycles. The van der Waals surface area contributed by atoms with Crippen LogP contribution in [-0.2, 0) is 4.79 Å². The van der Waals surface area contributed by atoms with Gasteiger partial charge in [0.05, 0.1) is 5.92 Å². The molecule has 2 aliphatic rings. The average molecular weight is 332 g/mol. The standard InChI is InChI=1S/C17H28N6O/c1-12-18-8-6-14(20-12)23-9-5-7-17(2,11-23)15-13(10-19-21-15)16(24)22(3)4/h6,8,13,15,19,21H,5,7,9-11H2,1-4H3. The van der Waals surface area contributed by atoms with E-state index in [0.29, 0.717) is 6.54 Å². The number of amides is 1. The molecule has 0 aliphatic carbocycles. The van der Waals surface area contributed by atoms with Crippen LogP contribution in [0.5, 0.6) is 0 Å². The number of aryl methyl sites for hydroxylation is 1. The van der Waals surface area contributed by atoms with Gasteiger partial charge in [-0.15, -0.1) is 0 Å². The third-order valence-electron chi connectivity index (χ3n) is 5.30. The predicted octanol–water partition coefficient (Wildman–Crippen LogP) is 0.572. The highest BCUT2D eigenvalue weighted by Gasteiger charge is 2.47. The van der Waals surface area contributed by atoms with E-state index in [1.165, 1.54) is 0 Å². The van der Waals surface area contributed by atoms with Crippen molar-refractivity contribution in [3.63, 3.8) is 0 Å². The maximum atomic E-state index is 12.5. The summed E-state index contributed by atoms with van der Waals surface area (Å²) in [4.78, 5) is 25.3. The van der Waals surface area contributed by atoms with Crippen LogP contribution in [0.25, 0.3) is 0 Å². The lowest BCUT2D eigenvalue weighted by Crippen LogP contribution is -2.56. The van der Waals surface area contributed by atoms with E-state index >= 15 is 0 Å². The Kier molecular flexibility index (Phi) is 4.73. The molecule has 1 aromatic heterocycles. The third-order valence-corrected chi connectivity index (χ3v) is 5.30. The van der Waals surface area contributed by atoms with E-state index in [0.717, 1.165) is 37.6 Å². The summed E-state index contributed by atoms with van der Waals surface area (Å²) < 4.78 is 0. The van der Waals surface area contributed by atoms with Crippen molar-refractivity contribution in [2.75, 3.05) is 38.6 Å². The Bertz CT molecular complexity index is 606. The molecule has 0 radical (unpaired) electrons. The number of carbonyl (C=O) groups is 1. The molecule has 0 spiro atoms. The third kappa shape index (κ3) is 3.23. The molecule has 7 heteroatoms. The molecule has 3 unspecified atom stereocenters. The quantitative estimate of drug-likeness (QED) is 0.843. The number of hydrogen-bond acceptors (Lipinski definition) is 6. The first kappa shape index (κ1) is 17.1. The van der Waals surface area contributed by atoms with Crippen molar-refractivity contribution >= 4 is 11.7 Å². The highest BCUT2D eigenvalue weighted by molar-refractivity contribution is 5.79. The topological polar surface area (TPSA) is 73.4 Å². The Balaban J connectivity index is 1.80. The first-order valence-corrected chi connectivity index (χ1v) is 8.65. The monoisotopic (exact) mass is 332 g/mol. The van der Waals surface area contributed by atoms with E-state index in [-0.39, 0.29) is 23.3 Å². The second-order valence-electron chi connectivity index (χ2n) is 7.48. The number of hydrazine groups is 1. The number of carbonyl (C=O) groups excluding carboxylic acids is 1. The first-order valence-electron chi connectivity index (χ1n) is 8.65. The fourth-order valence-corrected chi connectivity index (χ4v) is 4.06. The van der Waals surface area contributed by atoms with E-state index < -0.39 is 0 Å². The Labute approximate surface area is 143 Å². The number of nitrogens with one attached hydrogen (secondary N) is 2. The molecule has 0 saturated carbocycles. The van der Waals surface area contributed by atoms with Crippen molar-refractivity contribution in [2.45, 2.75) is 32.7 Å². The van der Waals surface area contributed by atoms with Gasteiger partial charge < -0.3 is 9.80 Å². The largest absolute Gasteiger partial charge is 0.356 e. The molecular weight excluding hydrogens is 304 g/mol. The molecule has 2 aliphatic heterocycles. The van der Waals surface area contributed by atoms with Crippen LogP contribution >= 0.6 is 0 Å². The van der Waals surface area contributed by atoms with Crippen LogP contribution < -0.4 is 15.8 Å². The van der Waals surface area contributed by atoms with Crippen molar-refractivity contribution in [3.05, 3.63) is 18.1 Å². The smallest absolute Gasteiger partial charge is 0.228 e. The summed E-state index contributed by atoms with van der Waals surface area (Å²) in [7, 11) is 3.66. The zero-order chi connectivity index (χ0) is 17.3. The summed E-state index contributed by atoms with van der Waals surface area (Å²) >= 11 is 0. The van der Waals surface area contributed by atoms with Gasteiger partial charge in [0.15, 0.2) is 0 Å². The van der Waals surface area contributed by atoms with Crippen molar-refractivity contribution in [1.82, 2.24) is 25.7 Å². The van der Waals surface area contributed by atoms with E-state index in [2.05, 4.69) is 32.6 Å². The van der Waals surface area contributed by atoms with E-state index in [1.54, 1.807) is 4.90 Å². The maximum Gasteiger partial charge on any atom is 0.228 e. The van der Waals surface area contributed by atoms with Crippen LogP contribution in [-0.4, -0.2) is 60.5 Å². The van der Waals surface area contributed by atoms with Gasteiger partial charge in [0.2, 0.25) is 5.91 Å². The molecule has 2 fully saturated rings. The minimum atomic E-state index is -0.0305. The molecule has 3 rings (SSSR count). The molecule has 132 valence electrons. The van der Waals surface area contributed by atoms with Crippen LogP contribution in [0.15, 0.2) is 12.3 Å². The first-order chi connectivity index (χ1) is 11.4. The van der Waals surface area contributed by atoms with Crippen molar-refractivity contribution in [1.29, 1.82) is 0 Å². The van der Waals surface area contributed by atoms with E-state index in [4.69, 9.17) is 0 Å². The number of hydrogen-bond donors (Lipinski definition) is 2. The molecule has 0 aromatic carbocycles. The van der Waals surface area contributed by atoms with Gasteiger partial charge in [-0.3, -0.25) is 15.6 Å². The Morgan fingerprint density at radius 1 is 1.46 bits per heavy atom. The zero-order valence-corrected chi connectivity index (χ0v) is 15.0. The van der Waals surface area contributed by atoms with Gasteiger partial charge in [0.25, 0.3) is 0 Å². The lowest BCUT2D eigenvalue weighted by molar-refractivity contribution is -0.133. The number of rotatable bonds is 3. The lowest BCUT2D eigenvalue weighted by atomic mass is 9.71. The minimum absolute atomic E-state index is 0.0109. The number of aromatic nitrogens is 2. The summed E-state index contributed by atoms with van der Waals surface area (Å²) in [5.74, 6) is 1.93. The van der Waals surface area contributed by atoms with Crippen molar-refractivity contribution in [3.8, 4) is 0 Å². The summed E-state index contributed by atoms with van der Waals surface area (Å²) in [6, 6.07) is 2.10. The zero-order valence-electron chi connectivity index (χ0n) is 15.0. The van der Waals surface area contributed by atoms with Crippen LogP contribution in [0.1, 0.15) is 25.6 Å². The van der Waals surface area contributed by atoms with Crippen molar-refractivity contribution < 1.29 is 4.79 Å². The molecule has 2 N–H and O–H groups in total. The molecule has 0 bridgehead atoms. The molecule has 3 atom stereocenters. The van der Waals surface area contributed by atoms with Gasteiger partial charge in [-0.25, -0.2) is 9.97 Å². The predicted molar refractivity (Wildman–Crippen MR) is 93.4 cm³/mol. The molecule has 1 aromatic rings. The molecule has 24 heavy (non-hydrogen) atoms. The van der Waals surface area contributed by atoms with Gasteiger partial charge in [-0.2, -0.15) is 0 Å². The highest BCUT2D eigenvalue weighted by Crippen LogP contribution is 2.38. The number of piperidine rings is 1. The summed E-state index contributed by atoms with van der Waals surface area (Å²) in [5.41, 5.74) is 6.59. The van der Waals surface area contributed by atoms with Gasteiger partial charge in [0, 0.05) is 51.4 Å². The fourth-order valence-electron chi connectivity index (χ4n) is 4.06. The van der Waals surface area contributed by atoms with Crippen molar-refractivity contribution in [2.24, 2.45) is 11.3 Å². The Morgan fingerprint density at radius 2 is 2.25 bits per heavy atom. The lowest BCUT2D eigenvalue weighted by Gasteiger charge is -2.46. The van der Waals surface area contributed by atoms with Crippen LogP contribution in [0.4, 0.5) is 5.82 Å². The second kappa shape index (κ2) is 6.64. The molecular formula is C17H28N6O. The van der Waals surface area contributed by atoms with E-state index in [9.17, 15) is 4.79 Å². The number of anilines is 1.